The fraction of sp³-hybridized carbons (Fsp3) is 0.364. The molecule has 1 aromatic rings. The van der Waals surface area contributed by atoms with Gasteiger partial charge < -0.3 is 5.11 Å². The van der Waals surface area contributed by atoms with Crippen LogP contribution in [0, 0.1) is 22.0 Å². The Hall–Kier alpha value is -1.91. The van der Waals surface area contributed by atoms with Crippen LogP contribution in [0.5, 0.6) is 0 Å². The maximum absolute atomic E-state index is 10.9. The predicted molar refractivity (Wildman–Crippen MR) is 54.2 cm³/mol. The number of nitro groups is 1. The average molecular weight is 219 g/mol. The molecule has 1 fully saturated rings. The van der Waals surface area contributed by atoms with Crippen molar-refractivity contribution < 1.29 is 14.8 Å². The minimum atomic E-state index is -0.785. The summed E-state index contributed by atoms with van der Waals surface area (Å²) >= 11 is 0. The van der Waals surface area contributed by atoms with Gasteiger partial charge in [0, 0.05) is 17.5 Å². The van der Waals surface area contributed by atoms with Gasteiger partial charge in [-0.25, -0.2) is 0 Å². The molecule has 0 aromatic heterocycles. The Labute approximate surface area is 90.9 Å². The second kappa shape index (κ2) is 2.81. The number of carboxylic acid groups (broad SMARTS) is 1. The first-order chi connectivity index (χ1) is 7.61. The van der Waals surface area contributed by atoms with Crippen molar-refractivity contribution >= 4 is 11.7 Å². The summed E-state index contributed by atoms with van der Waals surface area (Å²) in [5, 5.41) is 19.7. The summed E-state index contributed by atoms with van der Waals surface area (Å²) < 4.78 is 0. The standard InChI is InChI=1S/C11H9NO4/c13-11(14)10-7-4-6-5(9(7)10)2-1-3-8(6)12(15)16/h1-3,7,9-10H,4H2,(H,13,14)/t7-,9-,10+/m0/s1. The quantitative estimate of drug-likeness (QED) is 0.604. The molecule has 3 atom stereocenters. The largest absolute Gasteiger partial charge is 0.481 e. The van der Waals surface area contributed by atoms with Crippen LogP contribution in [-0.2, 0) is 11.2 Å². The van der Waals surface area contributed by atoms with E-state index in [4.69, 9.17) is 5.11 Å². The molecular formula is C11H9NO4. The summed E-state index contributed by atoms with van der Waals surface area (Å²) in [6.07, 6.45) is 0.536. The molecule has 0 amide bonds. The molecule has 2 aliphatic carbocycles. The van der Waals surface area contributed by atoms with Crippen molar-refractivity contribution in [1.82, 2.24) is 0 Å². The number of hydrogen-bond donors (Lipinski definition) is 1. The normalized spacial score (nSPS) is 29.4. The molecule has 1 saturated carbocycles. The molecular weight excluding hydrogens is 210 g/mol. The van der Waals surface area contributed by atoms with Gasteiger partial charge in [-0.15, -0.1) is 0 Å². The lowest BCUT2D eigenvalue weighted by atomic mass is 10.0. The fourth-order valence-electron chi connectivity index (χ4n) is 2.92. The lowest BCUT2D eigenvalue weighted by Gasteiger charge is -2.05. The Kier molecular flexibility index (Phi) is 1.64. The third-order valence-electron chi connectivity index (χ3n) is 3.64. The van der Waals surface area contributed by atoms with Gasteiger partial charge in [0.15, 0.2) is 0 Å². The van der Waals surface area contributed by atoms with Gasteiger partial charge >= 0.3 is 5.97 Å². The van der Waals surface area contributed by atoms with Gasteiger partial charge in [0.1, 0.15) is 0 Å². The Bertz CT molecular complexity index is 511. The molecule has 2 aliphatic rings. The van der Waals surface area contributed by atoms with Crippen LogP contribution in [0.3, 0.4) is 0 Å². The highest BCUT2D eigenvalue weighted by atomic mass is 16.6. The molecule has 16 heavy (non-hydrogen) atoms. The summed E-state index contributed by atoms with van der Waals surface area (Å²) in [7, 11) is 0. The number of benzene rings is 1. The summed E-state index contributed by atoms with van der Waals surface area (Å²) in [5.41, 5.74) is 1.74. The van der Waals surface area contributed by atoms with Gasteiger partial charge in [0.25, 0.3) is 5.69 Å². The van der Waals surface area contributed by atoms with Crippen LogP contribution in [-0.4, -0.2) is 16.0 Å². The minimum Gasteiger partial charge on any atom is -0.481 e. The Morgan fingerprint density at radius 3 is 2.88 bits per heavy atom. The zero-order chi connectivity index (χ0) is 11.4. The van der Waals surface area contributed by atoms with Gasteiger partial charge in [-0.2, -0.15) is 0 Å². The van der Waals surface area contributed by atoms with Crippen molar-refractivity contribution in [1.29, 1.82) is 0 Å². The van der Waals surface area contributed by atoms with Crippen LogP contribution in [0.25, 0.3) is 0 Å². The molecule has 0 radical (unpaired) electrons. The van der Waals surface area contributed by atoms with E-state index in [9.17, 15) is 14.9 Å². The van der Waals surface area contributed by atoms with E-state index < -0.39 is 5.97 Å². The molecule has 0 bridgehead atoms. The summed E-state index contributed by atoms with van der Waals surface area (Å²) in [5.74, 6) is -1.03. The van der Waals surface area contributed by atoms with Gasteiger partial charge in [-0.1, -0.05) is 12.1 Å². The molecule has 5 nitrogen and oxygen atoms in total. The maximum atomic E-state index is 10.9. The zero-order valence-corrected chi connectivity index (χ0v) is 8.29. The molecule has 0 spiro atoms. The molecule has 3 rings (SSSR count). The second-order valence-corrected chi connectivity index (χ2v) is 4.36. The molecule has 0 saturated heterocycles. The topological polar surface area (TPSA) is 80.4 Å². The number of carbonyl (C=O) groups is 1. The molecule has 0 heterocycles. The summed E-state index contributed by atoms with van der Waals surface area (Å²) in [6, 6.07) is 4.94. The third-order valence-corrected chi connectivity index (χ3v) is 3.64. The molecule has 1 N–H and O–H groups in total. The van der Waals surface area contributed by atoms with Crippen LogP contribution in [0.15, 0.2) is 18.2 Å². The number of hydrogen-bond acceptors (Lipinski definition) is 3. The van der Waals surface area contributed by atoms with Crippen LogP contribution < -0.4 is 0 Å². The highest BCUT2D eigenvalue weighted by Gasteiger charge is 2.60. The third kappa shape index (κ3) is 1.02. The van der Waals surface area contributed by atoms with E-state index in [1.54, 1.807) is 6.07 Å². The highest BCUT2D eigenvalue weighted by Crippen LogP contribution is 2.62. The summed E-state index contributed by atoms with van der Waals surface area (Å²) in [4.78, 5) is 21.3. The fourth-order valence-corrected chi connectivity index (χ4v) is 2.92. The van der Waals surface area contributed by atoms with Crippen molar-refractivity contribution in [2.45, 2.75) is 12.3 Å². The SMILES string of the molecule is O=C(O)[C@@H]1[C@H]2Cc3c(cccc3[N+](=O)[O-])[C@@H]21. The zero-order valence-electron chi connectivity index (χ0n) is 8.29. The molecule has 1 aromatic carbocycles. The first kappa shape index (κ1) is 9.33. The van der Waals surface area contributed by atoms with Crippen LogP contribution in [0.2, 0.25) is 0 Å². The second-order valence-electron chi connectivity index (χ2n) is 4.36. The van der Waals surface area contributed by atoms with Crippen molar-refractivity contribution in [3.63, 3.8) is 0 Å². The van der Waals surface area contributed by atoms with E-state index in [1.165, 1.54) is 6.07 Å². The van der Waals surface area contributed by atoms with Crippen molar-refractivity contribution in [2.75, 3.05) is 0 Å². The van der Waals surface area contributed by atoms with E-state index in [-0.39, 0.29) is 28.4 Å². The number of nitrogens with zero attached hydrogens (tertiary/aromatic N) is 1. The number of aliphatic carboxylic acids is 1. The molecule has 5 heteroatoms. The number of rotatable bonds is 2. The maximum Gasteiger partial charge on any atom is 0.307 e. The van der Waals surface area contributed by atoms with Crippen molar-refractivity contribution in [3.05, 3.63) is 39.4 Å². The predicted octanol–water partition coefficient (Wildman–Crippen LogP) is 1.57. The highest BCUT2D eigenvalue weighted by molar-refractivity contribution is 5.78. The smallest absolute Gasteiger partial charge is 0.307 e. The molecule has 82 valence electrons. The molecule has 0 aliphatic heterocycles. The van der Waals surface area contributed by atoms with Crippen LogP contribution in [0.1, 0.15) is 17.0 Å². The lowest BCUT2D eigenvalue weighted by Crippen LogP contribution is -2.06. The minimum absolute atomic E-state index is 0.00685. The van der Waals surface area contributed by atoms with Gasteiger partial charge in [0.2, 0.25) is 0 Å². The first-order valence-electron chi connectivity index (χ1n) is 5.10. The summed E-state index contributed by atoms with van der Waals surface area (Å²) in [6.45, 7) is 0. The van der Waals surface area contributed by atoms with Crippen molar-refractivity contribution in [3.8, 4) is 0 Å². The van der Waals surface area contributed by atoms with E-state index >= 15 is 0 Å². The van der Waals surface area contributed by atoms with Gasteiger partial charge in [0.05, 0.1) is 10.8 Å². The van der Waals surface area contributed by atoms with E-state index in [1.807, 2.05) is 6.07 Å². The number of carboxylic acids is 1. The van der Waals surface area contributed by atoms with Crippen LogP contribution in [0.4, 0.5) is 5.69 Å². The average Bonchev–Trinajstić information content (AvgIpc) is 2.82. The lowest BCUT2D eigenvalue weighted by molar-refractivity contribution is -0.385. The van der Waals surface area contributed by atoms with Crippen LogP contribution >= 0.6 is 0 Å². The van der Waals surface area contributed by atoms with E-state index in [0.29, 0.717) is 6.42 Å². The Morgan fingerprint density at radius 2 is 2.25 bits per heavy atom. The Morgan fingerprint density at radius 1 is 1.50 bits per heavy atom. The first-order valence-corrected chi connectivity index (χ1v) is 5.10. The number of fused-ring (bicyclic) bond motifs is 3. The van der Waals surface area contributed by atoms with E-state index in [2.05, 4.69) is 0 Å². The monoisotopic (exact) mass is 219 g/mol. The van der Waals surface area contributed by atoms with Gasteiger partial charge in [-0.05, 0) is 17.9 Å². The number of nitro benzene ring substituents is 1. The Balaban J connectivity index is 2.03. The molecule has 0 unspecified atom stereocenters. The van der Waals surface area contributed by atoms with Crippen molar-refractivity contribution in [2.24, 2.45) is 11.8 Å². The van der Waals surface area contributed by atoms with E-state index in [0.717, 1.165) is 11.1 Å². The van der Waals surface area contributed by atoms with Gasteiger partial charge in [-0.3, -0.25) is 14.9 Å².